The predicted molar refractivity (Wildman–Crippen MR) is 81.3 cm³/mol. The number of para-hydroxylation sites is 1. The van der Waals surface area contributed by atoms with Crippen LogP contribution in [0.3, 0.4) is 0 Å². The van der Waals surface area contributed by atoms with E-state index < -0.39 is 17.5 Å². The van der Waals surface area contributed by atoms with E-state index in [1.165, 1.54) is 13.0 Å². The van der Waals surface area contributed by atoms with Gasteiger partial charge >= 0.3 is 0 Å². The zero-order valence-electron chi connectivity index (χ0n) is 12.6. The Kier molecular flexibility index (Phi) is 5.65. The van der Waals surface area contributed by atoms with Gasteiger partial charge in [0.25, 0.3) is 5.91 Å². The quantitative estimate of drug-likeness (QED) is 0.860. The first kappa shape index (κ1) is 16.9. The first-order valence-corrected chi connectivity index (χ1v) is 7.08. The van der Waals surface area contributed by atoms with Gasteiger partial charge in [0.15, 0.2) is 0 Å². The summed E-state index contributed by atoms with van der Waals surface area (Å²) in [7, 11) is 0. The van der Waals surface area contributed by atoms with Crippen LogP contribution in [-0.4, -0.2) is 24.2 Å². The maximum Gasteiger partial charge on any atom is 0.254 e. The third-order valence-electron chi connectivity index (χ3n) is 3.25. The van der Waals surface area contributed by atoms with Crippen molar-refractivity contribution < 1.29 is 23.4 Å². The van der Waals surface area contributed by atoms with Crippen molar-refractivity contribution in [1.29, 1.82) is 0 Å². The number of aliphatic hydroxyl groups excluding tert-OH is 1. The van der Waals surface area contributed by atoms with E-state index in [0.29, 0.717) is 17.4 Å². The Balaban J connectivity index is 2.09. The van der Waals surface area contributed by atoms with Gasteiger partial charge in [0.2, 0.25) is 0 Å². The number of carbonyl (C=O) groups is 1. The maximum absolute atomic E-state index is 13.7. The molecule has 0 bridgehead atoms. The lowest BCUT2D eigenvalue weighted by molar-refractivity contribution is 0.0946. The minimum absolute atomic E-state index is 0.121. The number of hydrogen-bond donors (Lipinski definition) is 2. The van der Waals surface area contributed by atoms with Gasteiger partial charge in [-0.1, -0.05) is 18.2 Å². The Labute approximate surface area is 132 Å². The summed E-state index contributed by atoms with van der Waals surface area (Å²) < 4.78 is 32.3. The number of hydrogen-bond acceptors (Lipinski definition) is 3. The molecule has 122 valence electrons. The van der Waals surface area contributed by atoms with Crippen molar-refractivity contribution in [1.82, 2.24) is 5.32 Å². The molecule has 0 radical (unpaired) electrons. The van der Waals surface area contributed by atoms with E-state index >= 15 is 0 Å². The molecular formula is C17H17F2NO3. The van der Waals surface area contributed by atoms with Crippen molar-refractivity contribution in [2.45, 2.75) is 13.5 Å². The fourth-order valence-corrected chi connectivity index (χ4v) is 2.05. The van der Waals surface area contributed by atoms with E-state index in [0.717, 1.165) is 0 Å². The van der Waals surface area contributed by atoms with Crippen molar-refractivity contribution in [3.8, 4) is 5.75 Å². The van der Waals surface area contributed by atoms with E-state index in [4.69, 9.17) is 9.84 Å². The van der Waals surface area contributed by atoms with E-state index in [9.17, 15) is 13.6 Å². The van der Waals surface area contributed by atoms with Crippen molar-refractivity contribution in [2.75, 3.05) is 13.2 Å². The van der Waals surface area contributed by atoms with E-state index in [1.807, 2.05) is 0 Å². The largest absolute Gasteiger partial charge is 0.491 e. The molecule has 0 aliphatic carbocycles. The van der Waals surface area contributed by atoms with Crippen molar-refractivity contribution in [3.63, 3.8) is 0 Å². The molecule has 0 unspecified atom stereocenters. The third kappa shape index (κ3) is 4.26. The van der Waals surface area contributed by atoms with E-state index in [-0.39, 0.29) is 30.9 Å². The van der Waals surface area contributed by atoms with Crippen LogP contribution in [-0.2, 0) is 6.54 Å². The number of aryl methyl sites for hydroxylation is 1. The summed E-state index contributed by atoms with van der Waals surface area (Å²) in [5.74, 6) is -1.71. The highest BCUT2D eigenvalue weighted by molar-refractivity contribution is 5.94. The van der Waals surface area contributed by atoms with Crippen LogP contribution in [0.15, 0.2) is 36.4 Å². The Morgan fingerprint density at radius 2 is 1.96 bits per heavy atom. The third-order valence-corrected chi connectivity index (χ3v) is 3.25. The highest BCUT2D eigenvalue weighted by Gasteiger charge is 2.15. The number of aliphatic hydroxyl groups is 1. The van der Waals surface area contributed by atoms with E-state index in [2.05, 4.69) is 5.32 Å². The summed E-state index contributed by atoms with van der Waals surface area (Å²) in [5, 5.41) is 11.4. The predicted octanol–water partition coefficient (Wildman–Crippen LogP) is 2.57. The van der Waals surface area contributed by atoms with Crippen LogP contribution in [0.5, 0.6) is 5.75 Å². The monoisotopic (exact) mass is 321 g/mol. The number of benzene rings is 2. The van der Waals surface area contributed by atoms with Crippen LogP contribution < -0.4 is 10.1 Å². The molecule has 0 heterocycles. The SMILES string of the molecule is Cc1cc(C(=O)NCc2ccccc2OCCO)c(F)cc1F. The fraction of sp³-hybridized carbons (Fsp3) is 0.235. The molecule has 0 aliphatic rings. The van der Waals surface area contributed by atoms with Gasteiger partial charge in [-0.3, -0.25) is 4.79 Å². The molecule has 0 saturated carbocycles. The summed E-state index contributed by atoms with van der Waals surface area (Å²) in [6.07, 6.45) is 0. The van der Waals surface area contributed by atoms with Gasteiger partial charge in [0.05, 0.1) is 12.2 Å². The van der Waals surface area contributed by atoms with Crippen LogP contribution in [0.2, 0.25) is 0 Å². The Bertz CT molecular complexity index is 704. The molecule has 2 rings (SSSR count). The van der Waals surface area contributed by atoms with Gasteiger partial charge < -0.3 is 15.2 Å². The lowest BCUT2D eigenvalue weighted by Crippen LogP contribution is -2.24. The maximum atomic E-state index is 13.7. The number of ether oxygens (including phenoxy) is 1. The van der Waals surface area contributed by atoms with Gasteiger partial charge in [0, 0.05) is 18.2 Å². The summed E-state index contributed by atoms with van der Waals surface area (Å²) in [6.45, 7) is 1.59. The van der Waals surface area contributed by atoms with Crippen molar-refractivity contribution >= 4 is 5.91 Å². The summed E-state index contributed by atoms with van der Waals surface area (Å²) in [5.41, 5.74) is 0.675. The second-order valence-electron chi connectivity index (χ2n) is 4.94. The van der Waals surface area contributed by atoms with Crippen LogP contribution in [0.4, 0.5) is 8.78 Å². The molecule has 2 aromatic carbocycles. The highest BCUT2D eigenvalue weighted by atomic mass is 19.1. The molecule has 6 heteroatoms. The summed E-state index contributed by atoms with van der Waals surface area (Å²) in [6, 6.07) is 8.87. The first-order valence-electron chi connectivity index (χ1n) is 7.08. The van der Waals surface area contributed by atoms with Gasteiger partial charge in [-0.2, -0.15) is 0 Å². The molecule has 0 saturated heterocycles. The molecule has 23 heavy (non-hydrogen) atoms. The minimum Gasteiger partial charge on any atom is -0.491 e. The summed E-state index contributed by atoms with van der Waals surface area (Å²) >= 11 is 0. The molecule has 0 atom stereocenters. The second-order valence-corrected chi connectivity index (χ2v) is 4.94. The smallest absolute Gasteiger partial charge is 0.254 e. The molecule has 0 aliphatic heterocycles. The normalized spacial score (nSPS) is 10.4. The molecule has 1 amide bonds. The number of carbonyl (C=O) groups excluding carboxylic acids is 1. The molecular weight excluding hydrogens is 304 g/mol. The van der Waals surface area contributed by atoms with Crippen LogP contribution in [0.1, 0.15) is 21.5 Å². The Morgan fingerprint density at radius 1 is 1.22 bits per heavy atom. The highest BCUT2D eigenvalue weighted by Crippen LogP contribution is 2.18. The first-order chi connectivity index (χ1) is 11.0. The molecule has 0 fully saturated rings. The number of nitrogens with one attached hydrogen (secondary N) is 1. The minimum atomic E-state index is -0.907. The zero-order chi connectivity index (χ0) is 16.8. The lowest BCUT2D eigenvalue weighted by atomic mass is 10.1. The lowest BCUT2D eigenvalue weighted by Gasteiger charge is -2.12. The average molecular weight is 321 g/mol. The van der Waals surface area contributed by atoms with Crippen LogP contribution in [0, 0.1) is 18.6 Å². The van der Waals surface area contributed by atoms with Crippen molar-refractivity contribution in [3.05, 3.63) is 64.7 Å². The zero-order valence-corrected chi connectivity index (χ0v) is 12.6. The molecule has 2 aromatic rings. The van der Waals surface area contributed by atoms with Gasteiger partial charge in [-0.25, -0.2) is 8.78 Å². The number of rotatable bonds is 6. The van der Waals surface area contributed by atoms with E-state index in [1.54, 1.807) is 24.3 Å². The van der Waals surface area contributed by atoms with Gasteiger partial charge in [0.1, 0.15) is 24.0 Å². The Morgan fingerprint density at radius 3 is 2.70 bits per heavy atom. The fourth-order valence-electron chi connectivity index (χ4n) is 2.05. The molecule has 2 N–H and O–H groups in total. The molecule has 0 spiro atoms. The number of amides is 1. The average Bonchev–Trinajstić information content (AvgIpc) is 2.54. The van der Waals surface area contributed by atoms with Crippen LogP contribution in [0.25, 0.3) is 0 Å². The Hall–Kier alpha value is -2.47. The topological polar surface area (TPSA) is 58.6 Å². The summed E-state index contributed by atoms with van der Waals surface area (Å²) in [4.78, 5) is 12.1. The second kappa shape index (κ2) is 7.69. The standard InChI is InChI=1S/C17H17F2NO3/c1-11-8-13(15(19)9-14(11)18)17(22)20-10-12-4-2-3-5-16(12)23-7-6-21/h2-5,8-9,21H,6-7,10H2,1H3,(H,20,22). The molecule has 4 nitrogen and oxygen atoms in total. The van der Waals surface area contributed by atoms with Crippen LogP contribution >= 0.6 is 0 Å². The van der Waals surface area contributed by atoms with Gasteiger partial charge in [-0.05, 0) is 24.6 Å². The number of halogens is 2. The molecule has 0 aromatic heterocycles. The van der Waals surface area contributed by atoms with Crippen molar-refractivity contribution in [2.24, 2.45) is 0 Å². The van der Waals surface area contributed by atoms with Gasteiger partial charge in [-0.15, -0.1) is 0 Å².